The van der Waals surface area contributed by atoms with Gasteiger partial charge in [0, 0.05) is 30.1 Å². The molecule has 0 spiro atoms. The molecule has 0 aromatic heterocycles. The van der Waals surface area contributed by atoms with Crippen molar-refractivity contribution in [2.75, 3.05) is 18.4 Å². The minimum atomic E-state index is -1.24. The molecule has 204 valence electrons. The number of aryl methyl sites for hydroxylation is 1. The van der Waals surface area contributed by atoms with Crippen molar-refractivity contribution in [3.05, 3.63) is 88.8 Å². The Morgan fingerprint density at radius 3 is 2.49 bits per heavy atom. The van der Waals surface area contributed by atoms with Crippen molar-refractivity contribution in [3.8, 4) is 0 Å². The quantitative estimate of drug-likeness (QED) is 0.284. The van der Waals surface area contributed by atoms with Gasteiger partial charge in [-0.25, -0.2) is 14.4 Å². The highest BCUT2D eigenvalue weighted by atomic mass is 16.4. The molecule has 1 saturated heterocycles. The van der Waals surface area contributed by atoms with Gasteiger partial charge in [-0.2, -0.15) is 0 Å². The molecule has 3 atom stereocenters. The van der Waals surface area contributed by atoms with Gasteiger partial charge >= 0.3 is 18.0 Å². The fourth-order valence-electron chi connectivity index (χ4n) is 6.19. The highest BCUT2D eigenvalue weighted by Crippen LogP contribution is 2.43. The van der Waals surface area contributed by atoms with Gasteiger partial charge in [-0.1, -0.05) is 36.4 Å². The monoisotopic (exact) mass is 530 g/mol. The molecule has 0 saturated carbocycles. The first kappa shape index (κ1) is 26.5. The van der Waals surface area contributed by atoms with Crippen LogP contribution in [0.5, 0.6) is 0 Å². The van der Waals surface area contributed by atoms with Gasteiger partial charge in [-0.15, -0.1) is 0 Å². The Morgan fingerprint density at radius 1 is 0.949 bits per heavy atom. The molecule has 6 N–H and O–H groups in total. The molecule has 9 heteroatoms. The van der Waals surface area contributed by atoms with Gasteiger partial charge in [-0.05, 0) is 85.5 Å². The third kappa shape index (κ3) is 6.15. The summed E-state index contributed by atoms with van der Waals surface area (Å²) in [5.74, 6) is -1.80. The van der Waals surface area contributed by atoms with Gasteiger partial charge in [0.25, 0.3) is 0 Å². The van der Waals surface area contributed by atoms with Crippen molar-refractivity contribution in [1.82, 2.24) is 16.0 Å². The molecule has 2 heterocycles. The molecule has 0 radical (unpaired) electrons. The van der Waals surface area contributed by atoms with Crippen LogP contribution in [-0.2, 0) is 16.0 Å². The van der Waals surface area contributed by atoms with E-state index >= 15 is 0 Å². The molecular formula is C30H34N4O5. The summed E-state index contributed by atoms with van der Waals surface area (Å²) in [6, 6.07) is 15.8. The van der Waals surface area contributed by atoms with Gasteiger partial charge in [0.1, 0.15) is 11.4 Å². The maximum atomic E-state index is 12.6. The highest BCUT2D eigenvalue weighted by molar-refractivity contribution is 5.93. The van der Waals surface area contributed by atoms with E-state index in [1.807, 2.05) is 0 Å². The van der Waals surface area contributed by atoms with Gasteiger partial charge in [0.05, 0.1) is 0 Å². The van der Waals surface area contributed by atoms with E-state index in [0.717, 1.165) is 25.3 Å². The van der Waals surface area contributed by atoms with E-state index in [0.29, 0.717) is 29.8 Å². The number of piperidine rings is 1. The molecule has 1 aliphatic carbocycles. The van der Waals surface area contributed by atoms with Crippen LogP contribution in [0.1, 0.15) is 54.2 Å². The zero-order chi connectivity index (χ0) is 27.4. The summed E-state index contributed by atoms with van der Waals surface area (Å²) in [6.45, 7) is 1.59. The first-order valence-corrected chi connectivity index (χ1v) is 13.5. The lowest BCUT2D eigenvalue weighted by molar-refractivity contribution is -0.133. The first-order valence-electron chi connectivity index (χ1n) is 13.5. The van der Waals surface area contributed by atoms with Crippen LogP contribution in [0.3, 0.4) is 0 Å². The lowest BCUT2D eigenvalue weighted by Crippen LogP contribution is -2.46. The van der Waals surface area contributed by atoms with Crippen LogP contribution in [0.15, 0.2) is 72.1 Å². The number of anilines is 1. The van der Waals surface area contributed by atoms with E-state index in [9.17, 15) is 24.6 Å². The number of carboxylic acid groups (broad SMARTS) is 2. The number of dihydropyridines is 1. The second kappa shape index (κ2) is 11.7. The summed E-state index contributed by atoms with van der Waals surface area (Å²) < 4.78 is 0. The number of rotatable bonds is 8. The van der Waals surface area contributed by atoms with Crippen LogP contribution < -0.4 is 21.3 Å². The lowest BCUT2D eigenvalue weighted by Gasteiger charge is -2.43. The molecular weight excluding hydrogens is 496 g/mol. The van der Waals surface area contributed by atoms with Gasteiger partial charge in [0.15, 0.2) is 0 Å². The molecule has 2 amide bonds. The Hall–Kier alpha value is -4.11. The number of hydrogen-bond donors (Lipinski definition) is 6. The molecule has 9 nitrogen and oxygen atoms in total. The molecule has 2 aromatic carbocycles. The third-order valence-corrected chi connectivity index (χ3v) is 7.99. The number of aliphatic carboxylic acids is 2. The Bertz CT molecular complexity index is 1290. The summed E-state index contributed by atoms with van der Waals surface area (Å²) in [4.78, 5) is 35.5. The molecule has 2 aromatic rings. The number of urea groups is 1. The van der Waals surface area contributed by atoms with Crippen LogP contribution in [0.25, 0.3) is 0 Å². The molecule has 1 fully saturated rings. The van der Waals surface area contributed by atoms with Gasteiger partial charge in [-0.3, -0.25) is 0 Å². The lowest BCUT2D eigenvalue weighted by atomic mass is 9.68. The average Bonchev–Trinajstić information content (AvgIpc) is 2.95. The standard InChI is InChI=1S/C30H34N4O5/c35-28(36)25-16-21(17-26(34-25)29(37)38)20-6-3-7-22(15-20)33-30(39)32-13-4-9-24-27-19(12-14-31-24)11-10-18-5-1-2-8-23(18)27/h1-3,5-8,15-17,19,21,24,27,31,34H,4,9-14H2,(H,35,36)(H,37,38)(H2,32,33,39). The third-order valence-electron chi connectivity index (χ3n) is 7.99. The molecule has 39 heavy (non-hydrogen) atoms. The summed E-state index contributed by atoms with van der Waals surface area (Å²) in [5, 5.41) is 30.6. The second-order valence-corrected chi connectivity index (χ2v) is 10.4. The van der Waals surface area contributed by atoms with Crippen molar-refractivity contribution in [2.45, 2.75) is 50.0 Å². The van der Waals surface area contributed by atoms with Crippen LogP contribution in [0.4, 0.5) is 10.5 Å². The Morgan fingerprint density at radius 2 is 1.72 bits per heavy atom. The molecule has 5 rings (SSSR count). The topological polar surface area (TPSA) is 140 Å². The van der Waals surface area contributed by atoms with Crippen molar-refractivity contribution in [1.29, 1.82) is 0 Å². The number of benzene rings is 2. The van der Waals surface area contributed by atoms with Crippen molar-refractivity contribution >= 4 is 23.7 Å². The van der Waals surface area contributed by atoms with Crippen LogP contribution in [0, 0.1) is 5.92 Å². The summed E-state index contributed by atoms with van der Waals surface area (Å²) in [6.07, 6.45) is 8.36. The maximum Gasteiger partial charge on any atom is 0.352 e. The number of carbonyl (C=O) groups excluding carboxylic acids is 1. The van der Waals surface area contributed by atoms with Crippen molar-refractivity contribution in [2.24, 2.45) is 5.92 Å². The van der Waals surface area contributed by atoms with Crippen molar-refractivity contribution in [3.63, 3.8) is 0 Å². The number of nitrogens with one attached hydrogen (secondary N) is 4. The molecule has 3 unspecified atom stereocenters. The molecule has 0 bridgehead atoms. The Kier molecular flexibility index (Phi) is 7.97. The number of amides is 2. The summed E-state index contributed by atoms with van der Waals surface area (Å²) >= 11 is 0. The van der Waals surface area contributed by atoms with E-state index in [-0.39, 0.29) is 17.4 Å². The fraction of sp³-hybridized carbons (Fsp3) is 0.367. The predicted octanol–water partition coefficient (Wildman–Crippen LogP) is 3.92. The summed E-state index contributed by atoms with van der Waals surface area (Å²) in [7, 11) is 0. The number of hydrogen-bond acceptors (Lipinski definition) is 5. The average molecular weight is 531 g/mol. The number of carboxylic acids is 2. The minimum absolute atomic E-state index is 0.202. The SMILES string of the molecule is O=C(NCCCC1NCCC2CCc3ccccc3C21)Nc1cccc(C2C=C(C(=O)O)NC(C(=O)O)=C2)c1. The Labute approximate surface area is 227 Å². The van der Waals surface area contributed by atoms with E-state index in [1.54, 1.807) is 24.3 Å². The number of allylic oxidation sites excluding steroid dienone is 2. The normalized spacial score (nSPS) is 22.3. The zero-order valence-electron chi connectivity index (χ0n) is 21.7. The first-order chi connectivity index (χ1) is 18.9. The number of fused-ring (bicyclic) bond motifs is 3. The molecule has 2 aliphatic heterocycles. The van der Waals surface area contributed by atoms with E-state index in [1.165, 1.54) is 42.5 Å². The second-order valence-electron chi connectivity index (χ2n) is 10.4. The predicted molar refractivity (Wildman–Crippen MR) is 147 cm³/mol. The summed E-state index contributed by atoms with van der Waals surface area (Å²) in [5.41, 5.74) is 3.76. The zero-order valence-corrected chi connectivity index (χ0v) is 21.7. The van der Waals surface area contributed by atoms with Crippen LogP contribution >= 0.6 is 0 Å². The highest BCUT2D eigenvalue weighted by Gasteiger charge is 2.37. The molecule has 3 aliphatic rings. The van der Waals surface area contributed by atoms with E-state index < -0.39 is 17.9 Å². The van der Waals surface area contributed by atoms with E-state index in [2.05, 4.69) is 45.5 Å². The van der Waals surface area contributed by atoms with E-state index in [4.69, 9.17) is 0 Å². The van der Waals surface area contributed by atoms with Gasteiger partial charge < -0.3 is 31.5 Å². The number of carbonyl (C=O) groups is 3. The smallest absolute Gasteiger partial charge is 0.352 e. The maximum absolute atomic E-state index is 12.6. The fourth-order valence-corrected chi connectivity index (χ4v) is 6.19. The minimum Gasteiger partial charge on any atom is -0.477 e. The Balaban J connectivity index is 1.15. The van der Waals surface area contributed by atoms with Gasteiger partial charge in [0.2, 0.25) is 0 Å². The van der Waals surface area contributed by atoms with Crippen molar-refractivity contribution < 1.29 is 24.6 Å². The largest absolute Gasteiger partial charge is 0.477 e. The van der Waals surface area contributed by atoms with Crippen LogP contribution in [-0.4, -0.2) is 47.3 Å². The van der Waals surface area contributed by atoms with Crippen LogP contribution in [0.2, 0.25) is 0 Å².